The molecule has 28 heavy (non-hydrogen) atoms. The Hall–Kier alpha value is -1.68. The van der Waals surface area contributed by atoms with Crippen LogP contribution < -0.4 is 18.9 Å². The Morgan fingerprint density at radius 2 is 1.86 bits per heavy atom. The van der Waals surface area contributed by atoms with Gasteiger partial charge in [-0.05, 0) is 48.2 Å². The smallest absolute Gasteiger partial charge is 0.263 e. The number of sulfonamides is 1. The number of hydrogen-bond donors (Lipinski definition) is 1. The quantitative estimate of drug-likeness (QED) is 0.637. The summed E-state index contributed by atoms with van der Waals surface area (Å²) < 4.78 is 45.3. The van der Waals surface area contributed by atoms with Gasteiger partial charge in [-0.25, -0.2) is 8.42 Å². The lowest BCUT2D eigenvalue weighted by molar-refractivity contribution is 0.171. The maximum Gasteiger partial charge on any atom is 0.263 e. The second kappa shape index (κ2) is 8.77. The van der Waals surface area contributed by atoms with Gasteiger partial charge in [-0.15, -0.1) is 0 Å². The summed E-state index contributed by atoms with van der Waals surface area (Å²) in [4.78, 5) is 2.02. The van der Waals surface area contributed by atoms with Crippen LogP contribution in [0.25, 0.3) is 0 Å². The maximum absolute atomic E-state index is 12.9. The van der Waals surface area contributed by atoms with Crippen molar-refractivity contribution in [2.45, 2.75) is 4.90 Å². The molecule has 0 aromatic heterocycles. The molecule has 0 saturated carbocycles. The topological polar surface area (TPSA) is 77.1 Å². The second-order valence-corrected chi connectivity index (χ2v) is 9.24. The lowest BCUT2D eigenvalue weighted by Gasteiger charge is -2.20. The van der Waals surface area contributed by atoms with Gasteiger partial charge in [0, 0.05) is 23.2 Å². The van der Waals surface area contributed by atoms with Crippen molar-refractivity contribution >= 4 is 43.2 Å². The zero-order valence-corrected chi connectivity index (χ0v) is 18.5. The van der Waals surface area contributed by atoms with Crippen molar-refractivity contribution in [2.24, 2.45) is 0 Å². The molecule has 0 fully saturated rings. The molecule has 10 heteroatoms. The lowest BCUT2D eigenvalue weighted by Crippen LogP contribution is -2.19. The molecule has 3 rings (SSSR count). The summed E-state index contributed by atoms with van der Waals surface area (Å²) in [6.45, 7) is 1.92. The van der Waals surface area contributed by atoms with Crippen molar-refractivity contribution in [2.75, 3.05) is 45.2 Å². The number of benzene rings is 2. The largest absolute Gasteiger partial charge is 0.491 e. The SMILES string of the molecule is CN(C)CCOc1cc(NS(=O)(=O)c2cc3c(cc2Br)OCCO3)ccc1Cl. The highest BCUT2D eigenvalue weighted by atomic mass is 79.9. The van der Waals surface area contributed by atoms with E-state index in [9.17, 15) is 8.42 Å². The van der Waals surface area contributed by atoms with Gasteiger partial charge in [-0.2, -0.15) is 0 Å². The van der Waals surface area contributed by atoms with Crippen LogP contribution in [0.4, 0.5) is 5.69 Å². The van der Waals surface area contributed by atoms with Crippen molar-refractivity contribution in [1.82, 2.24) is 4.90 Å². The van der Waals surface area contributed by atoms with E-state index in [2.05, 4.69) is 20.7 Å². The Balaban J connectivity index is 1.82. The first-order valence-corrected chi connectivity index (χ1v) is 11.1. The minimum atomic E-state index is -3.88. The Morgan fingerprint density at radius 3 is 2.54 bits per heavy atom. The van der Waals surface area contributed by atoms with E-state index in [0.29, 0.717) is 58.8 Å². The van der Waals surface area contributed by atoms with Crippen LogP contribution in [-0.2, 0) is 10.0 Å². The van der Waals surface area contributed by atoms with Crippen molar-refractivity contribution < 1.29 is 22.6 Å². The molecule has 1 aliphatic rings. The molecular weight excluding hydrogens is 472 g/mol. The zero-order chi connectivity index (χ0) is 20.3. The highest BCUT2D eigenvalue weighted by molar-refractivity contribution is 9.10. The number of rotatable bonds is 7. The molecule has 0 spiro atoms. The van der Waals surface area contributed by atoms with Gasteiger partial charge in [0.05, 0.1) is 10.7 Å². The molecule has 2 aromatic rings. The molecule has 0 unspecified atom stereocenters. The van der Waals surface area contributed by atoms with E-state index >= 15 is 0 Å². The van der Waals surface area contributed by atoms with E-state index in [1.54, 1.807) is 24.3 Å². The van der Waals surface area contributed by atoms with Crippen LogP contribution in [0.1, 0.15) is 0 Å². The van der Waals surface area contributed by atoms with Crippen LogP contribution in [0.5, 0.6) is 17.2 Å². The molecule has 1 N–H and O–H groups in total. The molecular formula is C18H20BrClN2O5S. The highest BCUT2D eigenvalue weighted by Crippen LogP contribution is 2.38. The number of anilines is 1. The summed E-state index contributed by atoms with van der Waals surface area (Å²) in [7, 11) is -0.0178. The fourth-order valence-corrected chi connectivity index (χ4v) is 4.74. The average molecular weight is 492 g/mol. The lowest BCUT2D eigenvalue weighted by atomic mass is 10.3. The van der Waals surface area contributed by atoms with Gasteiger partial charge in [0.25, 0.3) is 10.0 Å². The Labute approximate surface area is 177 Å². The fraction of sp³-hybridized carbons (Fsp3) is 0.333. The fourth-order valence-electron chi connectivity index (χ4n) is 2.48. The van der Waals surface area contributed by atoms with Crippen molar-refractivity contribution in [3.63, 3.8) is 0 Å². The van der Waals surface area contributed by atoms with Crippen LogP contribution >= 0.6 is 27.5 Å². The third-order valence-electron chi connectivity index (χ3n) is 3.87. The third-order valence-corrected chi connectivity index (χ3v) is 6.52. The molecule has 0 atom stereocenters. The van der Waals surface area contributed by atoms with Crippen molar-refractivity contribution in [1.29, 1.82) is 0 Å². The Bertz CT molecular complexity index is 969. The van der Waals surface area contributed by atoms with Crippen molar-refractivity contribution in [3.05, 3.63) is 39.8 Å². The minimum absolute atomic E-state index is 0.0433. The van der Waals surface area contributed by atoms with Crippen LogP contribution in [0.2, 0.25) is 5.02 Å². The highest BCUT2D eigenvalue weighted by Gasteiger charge is 2.23. The summed E-state index contributed by atoms with van der Waals surface area (Å²) in [5.41, 5.74) is 0.339. The zero-order valence-electron chi connectivity index (χ0n) is 15.4. The number of hydrogen-bond acceptors (Lipinski definition) is 6. The van der Waals surface area contributed by atoms with Crippen LogP contribution in [0.3, 0.4) is 0 Å². The number of likely N-dealkylation sites (N-methyl/N-ethyl adjacent to an activating group) is 1. The van der Waals surface area contributed by atoms with Gasteiger partial charge in [0.1, 0.15) is 30.5 Å². The monoisotopic (exact) mass is 490 g/mol. The first-order chi connectivity index (χ1) is 13.3. The maximum atomic E-state index is 12.9. The molecule has 2 aromatic carbocycles. The van der Waals surface area contributed by atoms with Crippen LogP contribution in [0.15, 0.2) is 39.7 Å². The number of fused-ring (bicyclic) bond motifs is 1. The average Bonchev–Trinajstić information content (AvgIpc) is 2.63. The first kappa shape index (κ1) is 21.0. The Kier molecular flexibility index (Phi) is 6.59. The standard InChI is InChI=1S/C18H20BrClN2O5S/c1-22(2)5-6-25-15-9-12(3-4-14(15)20)21-28(23,24)18-11-17-16(10-13(18)19)26-7-8-27-17/h3-4,9-11,21H,5-8H2,1-2H3. The number of ether oxygens (including phenoxy) is 3. The van der Waals surface area contributed by atoms with Gasteiger partial charge < -0.3 is 19.1 Å². The summed E-state index contributed by atoms with van der Waals surface area (Å²) in [5.74, 6) is 1.30. The summed E-state index contributed by atoms with van der Waals surface area (Å²) >= 11 is 9.44. The van der Waals surface area contributed by atoms with Crippen LogP contribution in [0, 0.1) is 0 Å². The van der Waals surface area contributed by atoms with Crippen molar-refractivity contribution in [3.8, 4) is 17.2 Å². The van der Waals surface area contributed by atoms with Gasteiger partial charge in [-0.1, -0.05) is 11.6 Å². The second-order valence-electron chi connectivity index (χ2n) is 6.33. The van der Waals surface area contributed by atoms with Crippen LogP contribution in [-0.4, -0.2) is 53.8 Å². The summed E-state index contributed by atoms with van der Waals surface area (Å²) in [6.07, 6.45) is 0. The molecule has 1 aliphatic heterocycles. The Morgan fingerprint density at radius 1 is 1.18 bits per heavy atom. The molecule has 1 heterocycles. The number of halogens is 2. The summed E-state index contributed by atoms with van der Waals surface area (Å²) in [5, 5.41) is 0.405. The van der Waals surface area contributed by atoms with E-state index in [4.69, 9.17) is 25.8 Å². The van der Waals surface area contributed by atoms with Gasteiger partial charge in [-0.3, -0.25) is 4.72 Å². The molecule has 0 aliphatic carbocycles. The normalized spacial score (nSPS) is 13.5. The molecule has 7 nitrogen and oxygen atoms in total. The van der Waals surface area contributed by atoms with E-state index < -0.39 is 10.0 Å². The van der Waals surface area contributed by atoms with E-state index in [-0.39, 0.29) is 4.90 Å². The molecule has 152 valence electrons. The molecule has 0 bridgehead atoms. The van der Waals surface area contributed by atoms with Gasteiger partial charge in [0.15, 0.2) is 11.5 Å². The van der Waals surface area contributed by atoms with E-state index in [1.807, 2.05) is 19.0 Å². The number of nitrogens with one attached hydrogen (secondary N) is 1. The predicted molar refractivity (Wildman–Crippen MR) is 111 cm³/mol. The molecule has 0 radical (unpaired) electrons. The molecule has 0 amide bonds. The predicted octanol–water partition coefficient (Wildman–Crippen LogP) is 3.61. The third kappa shape index (κ3) is 5.02. The minimum Gasteiger partial charge on any atom is -0.491 e. The molecule has 0 saturated heterocycles. The van der Waals surface area contributed by atoms with Gasteiger partial charge in [0.2, 0.25) is 0 Å². The van der Waals surface area contributed by atoms with Gasteiger partial charge >= 0.3 is 0 Å². The van der Waals surface area contributed by atoms with E-state index in [1.165, 1.54) is 6.07 Å². The number of nitrogens with zero attached hydrogens (tertiary/aromatic N) is 1. The summed E-state index contributed by atoms with van der Waals surface area (Å²) in [6, 6.07) is 7.74. The first-order valence-electron chi connectivity index (χ1n) is 8.45. The van der Waals surface area contributed by atoms with E-state index in [0.717, 1.165) is 0 Å².